The minimum atomic E-state index is -2.51. The summed E-state index contributed by atoms with van der Waals surface area (Å²) in [5.41, 5.74) is 5.25. The Morgan fingerprint density at radius 1 is 1.14 bits per heavy atom. The van der Waals surface area contributed by atoms with Crippen LogP contribution in [-0.4, -0.2) is 11.5 Å². The Morgan fingerprint density at radius 2 is 1.71 bits per heavy atom. The molecule has 0 spiro atoms. The van der Waals surface area contributed by atoms with Crippen molar-refractivity contribution in [3.8, 4) is 0 Å². The highest BCUT2D eigenvalue weighted by atomic mass is 19.3. The Hall–Kier alpha value is -0.180. The quantitative estimate of drug-likeness (QED) is 0.749. The van der Waals surface area contributed by atoms with Crippen LogP contribution < -0.4 is 5.73 Å². The van der Waals surface area contributed by atoms with E-state index in [0.717, 1.165) is 32.1 Å². The summed E-state index contributed by atoms with van der Waals surface area (Å²) in [7, 11) is 0. The lowest BCUT2D eigenvalue weighted by Crippen LogP contribution is -2.38. The average molecular weight is 203 g/mol. The molecule has 82 valence electrons. The standard InChI is InChI=1S/C11H19F2N/c12-11(13,8-10(14)6-7-10)9-4-2-1-3-5-9/h9H,1-8,14H2. The molecular weight excluding hydrogens is 184 g/mol. The largest absolute Gasteiger partial charge is 0.325 e. The van der Waals surface area contributed by atoms with Gasteiger partial charge in [-0.25, -0.2) is 8.78 Å². The Balaban J connectivity index is 1.91. The van der Waals surface area contributed by atoms with Gasteiger partial charge >= 0.3 is 0 Å². The van der Waals surface area contributed by atoms with Gasteiger partial charge in [-0.1, -0.05) is 19.3 Å². The van der Waals surface area contributed by atoms with Crippen LogP contribution in [0.1, 0.15) is 51.4 Å². The van der Waals surface area contributed by atoms with E-state index in [2.05, 4.69) is 0 Å². The first-order chi connectivity index (χ1) is 6.52. The van der Waals surface area contributed by atoms with Crippen molar-refractivity contribution in [1.82, 2.24) is 0 Å². The SMILES string of the molecule is NC1(CC(F)(F)C2CCCCC2)CC1. The Morgan fingerprint density at radius 3 is 2.21 bits per heavy atom. The molecule has 0 aromatic heterocycles. The molecule has 2 rings (SSSR count). The minimum Gasteiger partial charge on any atom is -0.325 e. The molecule has 0 aliphatic heterocycles. The van der Waals surface area contributed by atoms with E-state index in [4.69, 9.17) is 5.73 Å². The van der Waals surface area contributed by atoms with Gasteiger partial charge in [-0.3, -0.25) is 0 Å². The summed E-state index contributed by atoms with van der Waals surface area (Å²) < 4.78 is 27.5. The van der Waals surface area contributed by atoms with Crippen molar-refractivity contribution in [3.05, 3.63) is 0 Å². The fourth-order valence-electron chi connectivity index (χ4n) is 2.48. The van der Waals surface area contributed by atoms with Crippen LogP contribution in [0.4, 0.5) is 8.78 Å². The van der Waals surface area contributed by atoms with E-state index in [1.165, 1.54) is 0 Å². The number of hydrogen-bond donors (Lipinski definition) is 1. The molecule has 0 radical (unpaired) electrons. The molecule has 14 heavy (non-hydrogen) atoms. The summed E-state index contributed by atoms with van der Waals surface area (Å²) >= 11 is 0. The van der Waals surface area contributed by atoms with Crippen LogP contribution in [-0.2, 0) is 0 Å². The van der Waals surface area contributed by atoms with E-state index in [-0.39, 0.29) is 6.42 Å². The third-order valence-corrected chi connectivity index (χ3v) is 3.68. The maximum atomic E-state index is 13.8. The van der Waals surface area contributed by atoms with E-state index in [1.54, 1.807) is 0 Å². The zero-order chi connectivity index (χ0) is 10.2. The highest BCUT2D eigenvalue weighted by Gasteiger charge is 2.50. The molecule has 2 aliphatic rings. The second kappa shape index (κ2) is 3.44. The van der Waals surface area contributed by atoms with Gasteiger partial charge in [0, 0.05) is 17.9 Å². The van der Waals surface area contributed by atoms with Crippen LogP contribution in [0.5, 0.6) is 0 Å². The summed E-state index contributed by atoms with van der Waals surface area (Å²) in [6.07, 6.45) is 5.96. The molecule has 3 heteroatoms. The molecule has 0 aromatic rings. The van der Waals surface area contributed by atoms with Gasteiger partial charge in [0.15, 0.2) is 0 Å². The van der Waals surface area contributed by atoms with Crippen molar-refractivity contribution in [3.63, 3.8) is 0 Å². The molecule has 0 unspecified atom stereocenters. The number of rotatable bonds is 3. The van der Waals surface area contributed by atoms with Gasteiger partial charge in [-0.2, -0.15) is 0 Å². The minimum absolute atomic E-state index is 0.0787. The van der Waals surface area contributed by atoms with Gasteiger partial charge in [0.1, 0.15) is 0 Å². The average Bonchev–Trinajstić information content (AvgIpc) is 2.84. The highest BCUT2D eigenvalue weighted by Crippen LogP contribution is 2.47. The summed E-state index contributed by atoms with van der Waals surface area (Å²) in [4.78, 5) is 0. The molecule has 0 atom stereocenters. The molecule has 2 aliphatic carbocycles. The smallest absolute Gasteiger partial charge is 0.252 e. The van der Waals surface area contributed by atoms with Crippen molar-refractivity contribution in [2.45, 2.75) is 62.8 Å². The number of nitrogens with two attached hydrogens (primary N) is 1. The van der Waals surface area contributed by atoms with Crippen LogP contribution in [0.25, 0.3) is 0 Å². The van der Waals surface area contributed by atoms with Crippen molar-refractivity contribution in [1.29, 1.82) is 0 Å². The number of hydrogen-bond acceptors (Lipinski definition) is 1. The molecule has 2 fully saturated rings. The lowest BCUT2D eigenvalue weighted by atomic mass is 9.82. The number of alkyl halides is 2. The van der Waals surface area contributed by atoms with Crippen LogP contribution in [0.15, 0.2) is 0 Å². The van der Waals surface area contributed by atoms with E-state index in [0.29, 0.717) is 12.8 Å². The Bertz CT molecular complexity index is 205. The van der Waals surface area contributed by atoms with Crippen LogP contribution in [0.3, 0.4) is 0 Å². The van der Waals surface area contributed by atoms with E-state index in [1.807, 2.05) is 0 Å². The molecule has 0 saturated heterocycles. The molecule has 0 heterocycles. The molecule has 0 aromatic carbocycles. The molecule has 0 amide bonds. The summed E-state index contributed by atoms with van der Waals surface area (Å²) in [6, 6.07) is 0. The maximum absolute atomic E-state index is 13.8. The van der Waals surface area contributed by atoms with Crippen molar-refractivity contribution < 1.29 is 8.78 Å². The normalized spacial score (nSPS) is 27.6. The van der Waals surface area contributed by atoms with Gasteiger partial charge in [-0.05, 0) is 25.7 Å². The molecule has 1 nitrogen and oxygen atoms in total. The van der Waals surface area contributed by atoms with E-state index in [9.17, 15) is 8.78 Å². The van der Waals surface area contributed by atoms with E-state index >= 15 is 0 Å². The highest BCUT2D eigenvalue weighted by molar-refractivity contribution is 5.03. The predicted molar refractivity (Wildman–Crippen MR) is 52.3 cm³/mol. The van der Waals surface area contributed by atoms with E-state index < -0.39 is 17.4 Å². The first-order valence-electron chi connectivity index (χ1n) is 5.69. The first-order valence-corrected chi connectivity index (χ1v) is 5.69. The van der Waals surface area contributed by atoms with Gasteiger partial charge in [-0.15, -0.1) is 0 Å². The van der Waals surface area contributed by atoms with Crippen LogP contribution >= 0.6 is 0 Å². The van der Waals surface area contributed by atoms with Gasteiger partial charge in [0.05, 0.1) is 0 Å². The fourth-order valence-corrected chi connectivity index (χ4v) is 2.48. The van der Waals surface area contributed by atoms with Crippen molar-refractivity contribution >= 4 is 0 Å². The molecular formula is C11H19F2N. The number of halogens is 2. The van der Waals surface area contributed by atoms with Gasteiger partial charge < -0.3 is 5.73 Å². The third-order valence-electron chi connectivity index (χ3n) is 3.68. The summed E-state index contributed by atoms with van der Waals surface area (Å²) in [5, 5.41) is 0. The predicted octanol–water partition coefficient (Wildman–Crippen LogP) is 3.08. The van der Waals surface area contributed by atoms with Crippen molar-refractivity contribution in [2.75, 3.05) is 0 Å². The third kappa shape index (κ3) is 2.25. The Labute approximate surface area is 84.0 Å². The lowest BCUT2D eigenvalue weighted by Gasteiger charge is -2.31. The first kappa shape index (κ1) is 10.3. The maximum Gasteiger partial charge on any atom is 0.252 e. The zero-order valence-corrected chi connectivity index (χ0v) is 8.57. The van der Waals surface area contributed by atoms with Crippen LogP contribution in [0.2, 0.25) is 0 Å². The zero-order valence-electron chi connectivity index (χ0n) is 8.57. The topological polar surface area (TPSA) is 26.0 Å². The molecule has 2 saturated carbocycles. The lowest BCUT2D eigenvalue weighted by molar-refractivity contribution is -0.0837. The van der Waals surface area contributed by atoms with Crippen molar-refractivity contribution in [2.24, 2.45) is 11.7 Å². The van der Waals surface area contributed by atoms with Gasteiger partial charge in [0.25, 0.3) is 5.92 Å². The monoisotopic (exact) mass is 203 g/mol. The molecule has 0 bridgehead atoms. The molecule has 2 N–H and O–H groups in total. The summed E-state index contributed by atoms with van der Waals surface area (Å²) in [6.45, 7) is 0. The van der Waals surface area contributed by atoms with Gasteiger partial charge in [0.2, 0.25) is 0 Å². The second-order valence-corrected chi connectivity index (χ2v) is 5.14. The Kier molecular flexibility index (Phi) is 2.54. The fraction of sp³-hybridized carbons (Fsp3) is 1.00. The van der Waals surface area contributed by atoms with Crippen LogP contribution in [0, 0.1) is 5.92 Å². The second-order valence-electron chi connectivity index (χ2n) is 5.14. The summed E-state index contributed by atoms with van der Waals surface area (Å²) in [5.74, 6) is -2.90.